The molecule has 0 bridgehead atoms. The molecule has 0 radical (unpaired) electrons. The molecule has 0 spiro atoms. The fourth-order valence-corrected chi connectivity index (χ4v) is 2.62. The van der Waals surface area contributed by atoms with E-state index < -0.39 is 0 Å². The Morgan fingerprint density at radius 2 is 1.75 bits per heavy atom. The number of morpholine rings is 1. The van der Waals surface area contributed by atoms with Crippen molar-refractivity contribution >= 4 is 22.6 Å². The zero-order valence-electron chi connectivity index (χ0n) is 9.82. The molecule has 1 aliphatic heterocycles. The second-order valence-corrected chi connectivity index (χ2v) is 5.82. The van der Waals surface area contributed by atoms with E-state index in [0.29, 0.717) is 12.2 Å². The van der Waals surface area contributed by atoms with Crippen LogP contribution in [-0.2, 0) is 11.3 Å². The van der Waals surface area contributed by atoms with Crippen LogP contribution in [-0.4, -0.2) is 30.2 Å². The van der Waals surface area contributed by atoms with Crippen LogP contribution in [0.3, 0.4) is 0 Å². The smallest absolute Gasteiger partial charge is 0.0678 e. The van der Waals surface area contributed by atoms with Crippen LogP contribution in [0.2, 0.25) is 0 Å². The van der Waals surface area contributed by atoms with Gasteiger partial charge in [0, 0.05) is 23.2 Å². The van der Waals surface area contributed by atoms with Gasteiger partial charge in [0.05, 0.1) is 12.2 Å². The van der Waals surface area contributed by atoms with Gasteiger partial charge in [0.15, 0.2) is 0 Å². The van der Waals surface area contributed by atoms with E-state index in [-0.39, 0.29) is 0 Å². The fraction of sp³-hybridized carbons (Fsp3) is 0.538. The minimum atomic E-state index is 0.354. The summed E-state index contributed by atoms with van der Waals surface area (Å²) in [6.45, 7) is 7.41. The molecule has 1 aromatic rings. The van der Waals surface area contributed by atoms with Crippen LogP contribution in [0.5, 0.6) is 0 Å². The summed E-state index contributed by atoms with van der Waals surface area (Å²) in [5, 5.41) is 0. The summed E-state index contributed by atoms with van der Waals surface area (Å²) >= 11 is 2.34. The number of hydrogen-bond donors (Lipinski definition) is 0. The third-order valence-electron chi connectivity index (χ3n) is 2.81. The Hall–Kier alpha value is -0.130. The third kappa shape index (κ3) is 3.43. The minimum absolute atomic E-state index is 0.354. The van der Waals surface area contributed by atoms with Gasteiger partial charge in [0.2, 0.25) is 0 Å². The first-order valence-corrected chi connectivity index (χ1v) is 6.83. The molecule has 1 saturated heterocycles. The summed E-state index contributed by atoms with van der Waals surface area (Å²) in [5.74, 6) is 0. The van der Waals surface area contributed by atoms with Gasteiger partial charge < -0.3 is 4.74 Å². The Balaban J connectivity index is 1.96. The molecule has 1 fully saturated rings. The SMILES string of the molecule is C[C@@H]1CN(Cc2ccc(I)cc2)C[C@H](C)O1. The van der Waals surface area contributed by atoms with Crippen LogP contribution >= 0.6 is 22.6 Å². The normalized spacial score (nSPS) is 26.9. The van der Waals surface area contributed by atoms with Crippen LogP contribution in [0.1, 0.15) is 19.4 Å². The molecule has 2 atom stereocenters. The third-order valence-corrected chi connectivity index (χ3v) is 3.53. The van der Waals surface area contributed by atoms with Crippen molar-refractivity contribution in [2.24, 2.45) is 0 Å². The number of benzene rings is 1. The molecule has 0 amide bonds. The molecule has 0 aliphatic carbocycles. The van der Waals surface area contributed by atoms with Crippen LogP contribution in [0.4, 0.5) is 0 Å². The Morgan fingerprint density at radius 1 is 1.19 bits per heavy atom. The van der Waals surface area contributed by atoms with Crippen molar-refractivity contribution < 1.29 is 4.74 Å². The molecule has 0 aromatic heterocycles. The van der Waals surface area contributed by atoms with E-state index in [0.717, 1.165) is 19.6 Å². The molecule has 0 N–H and O–H groups in total. The second-order valence-electron chi connectivity index (χ2n) is 4.58. The van der Waals surface area contributed by atoms with E-state index in [1.54, 1.807) is 0 Å². The van der Waals surface area contributed by atoms with Crippen LogP contribution in [0.15, 0.2) is 24.3 Å². The number of nitrogens with zero attached hydrogens (tertiary/aromatic N) is 1. The van der Waals surface area contributed by atoms with Crippen molar-refractivity contribution in [2.75, 3.05) is 13.1 Å². The maximum absolute atomic E-state index is 5.73. The van der Waals surface area contributed by atoms with E-state index in [2.05, 4.69) is 65.6 Å². The van der Waals surface area contributed by atoms with Crippen LogP contribution in [0.25, 0.3) is 0 Å². The lowest BCUT2D eigenvalue weighted by atomic mass is 10.1. The van der Waals surface area contributed by atoms with Gasteiger partial charge in [-0.15, -0.1) is 0 Å². The molecule has 0 unspecified atom stereocenters. The lowest BCUT2D eigenvalue weighted by Gasteiger charge is -2.35. The molecule has 2 rings (SSSR count). The summed E-state index contributed by atoms with van der Waals surface area (Å²) in [5.41, 5.74) is 1.39. The maximum atomic E-state index is 5.73. The first-order chi connectivity index (χ1) is 7.63. The van der Waals surface area contributed by atoms with Gasteiger partial charge in [0.1, 0.15) is 0 Å². The van der Waals surface area contributed by atoms with E-state index >= 15 is 0 Å². The monoisotopic (exact) mass is 331 g/mol. The zero-order valence-corrected chi connectivity index (χ0v) is 12.0. The molecule has 2 nitrogen and oxygen atoms in total. The van der Waals surface area contributed by atoms with Gasteiger partial charge in [-0.1, -0.05) is 12.1 Å². The summed E-state index contributed by atoms with van der Waals surface area (Å²) in [4.78, 5) is 2.47. The Morgan fingerprint density at radius 3 is 2.31 bits per heavy atom. The fourth-order valence-electron chi connectivity index (χ4n) is 2.26. The van der Waals surface area contributed by atoms with E-state index in [4.69, 9.17) is 4.74 Å². The van der Waals surface area contributed by atoms with Gasteiger partial charge in [-0.25, -0.2) is 0 Å². The second kappa shape index (κ2) is 5.47. The average molecular weight is 331 g/mol. The van der Waals surface area contributed by atoms with Gasteiger partial charge >= 0.3 is 0 Å². The Kier molecular flexibility index (Phi) is 4.21. The van der Waals surface area contributed by atoms with Gasteiger partial charge in [-0.2, -0.15) is 0 Å². The molecule has 1 aromatic carbocycles. The highest BCUT2D eigenvalue weighted by Gasteiger charge is 2.21. The number of ether oxygens (including phenoxy) is 1. The van der Waals surface area contributed by atoms with Crippen molar-refractivity contribution in [3.63, 3.8) is 0 Å². The Bertz CT molecular complexity index is 328. The van der Waals surface area contributed by atoms with Crippen LogP contribution < -0.4 is 0 Å². The van der Waals surface area contributed by atoms with Gasteiger partial charge in [0.25, 0.3) is 0 Å². The lowest BCUT2D eigenvalue weighted by molar-refractivity contribution is -0.0704. The van der Waals surface area contributed by atoms with E-state index in [1.165, 1.54) is 9.13 Å². The molecule has 1 heterocycles. The molecule has 3 heteroatoms. The molecular weight excluding hydrogens is 313 g/mol. The largest absolute Gasteiger partial charge is 0.373 e. The molecule has 0 saturated carbocycles. The Labute approximate surface area is 111 Å². The highest BCUT2D eigenvalue weighted by molar-refractivity contribution is 14.1. The number of halogens is 1. The quantitative estimate of drug-likeness (QED) is 0.773. The van der Waals surface area contributed by atoms with E-state index in [9.17, 15) is 0 Å². The van der Waals surface area contributed by atoms with Crippen molar-refractivity contribution in [2.45, 2.75) is 32.6 Å². The van der Waals surface area contributed by atoms with Crippen molar-refractivity contribution in [1.82, 2.24) is 4.90 Å². The van der Waals surface area contributed by atoms with Crippen LogP contribution in [0, 0.1) is 3.57 Å². The van der Waals surface area contributed by atoms with Gasteiger partial charge in [-0.05, 0) is 54.1 Å². The number of hydrogen-bond acceptors (Lipinski definition) is 2. The average Bonchev–Trinajstić information content (AvgIpc) is 2.20. The minimum Gasteiger partial charge on any atom is -0.373 e. The summed E-state index contributed by atoms with van der Waals surface area (Å²) < 4.78 is 7.03. The first-order valence-electron chi connectivity index (χ1n) is 5.76. The summed E-state index contributed by atoms with van der Waals surface area (Å²) in [6, 6.07) is 8.77. The zero-order chi connectivity index (χ0) is 11.5. The molecular formula is C13H18INO. The highest BCUT2D eigenvalue weighted by Crippen LogP contribution is 2.15. The maximum Gasteiger partial charge on any atom is 0.0678 e. The van der Waals surface area contributed by atoms with Crippen molar-refractivity contribution in [1.29, 1.82) is 0 Å². The summed E-state index contributed by atoms with van der Waals surface area (Å²) in [7, 11) is 0. The highest BCUT2D eigenvalue weighted by atomic mass is 127. The van der Waals surface area contributed by atoms with Crippen molar-refractivity contribution in [3.8, 4) is 0 Å². The summed E-state index contributed by atoms with van der Waals surface area (Å²) in [6.07, 6.45) is 0.709. The molecule has 88 valence electrons. The van der Waals surface area contributed by atoms with E-state index in [1.807, 2.05) is 0 Å². The standard InChI is InChI=1S/C13H18INO/c1-10-7-15(8-11(2)16-10)9-12-3-5-13(14)6-4-12/h3-6,10-11H,7-9H2,1-2H3/t10-,11+. The topological polar surface area (TPSA) is 12.5 Å². The predicted octanol–water partition coefficient (Wildman–Crippen LogP) is 2.90. The predicted molar refractivity (Wildman–Crippen MR) is 74.4 cm³/mol. The number of rotatable bonds is 2. The molecule has 1 aliphatic rings. The molecule has 16 heavy (non-hydrogen) atoms. The first kappa shape index (κ1) is 12.3. The lowest BCUT2D eigenvalue weighted by Crippen LogP contribution is -2.44. The van der Waals surface area contributed by atoms with Crippen molar-refractivity contribution in [3.05, 3.63) is 33.4 Å². The van der Waals surface area contributed by atoms with Gasteiger partial charge in [-0.3, -0.25) is 4.90 Å².